The molecule has 0 radical (unpaired) electrons. The van der Waals surface area contributed by atoms with Gasteiger partial charge in [-0.3, -0.25) is 9.69 Å². The van der Waals surface area contributed by atoms with Gasteiger partial charge in [-0.25, -0.2) is 0 Å². The third-order valence-electron chi connectivity index (χ3n) is 5.06. The van der Waals surface area contributed by atoms with Gasteiger partial charge in [-0.1, -0.05) is 0 Å². The summed E-state index contributed by atoms with van der Waals surface area (Å²) in [5.41, 5.74) is 8.31. The molecule has 1 aromatic carbocycles. The molecule has 132 valence electrons. The molecule has 2 N–H and O–H groups in total. The van der Waals surface area contributed by atoms with Crippen LogP contribution in [0.5, 0.6) is 11.5 Å². The first-order valence-corrected chi connectivity index (χ1v) is 8.60. The van der Waals surface area contributed by atoms with Gasteiger partial charge >= 0.3 is 0 Å². The van der Waals surface area contributed by atoms with Crippen LogP contribution in [0.25, 0.3) is 0 Å². The lowest BCUT2D eigenvalue weighted by molar-refractivity contribution is -0.133. The second kappa shape index (κ2) is 7.40. The molecule has 6 nitrogen and oxygen atoms in total. The summed E-state index contributed by atoms with van der Waals surface area (Å²) >= 11 is 0. The molecule has 24 heavy (non-hydrogen) atoms. The molecule has 1 amide bonds. The zero-order valence-corrected chi connectivity index (χ0v) is 14.6. The third kappa shape index (κ3) is 3.65. The fraction of sp³-hybridized carbons (Fsp3) is 0.611. The molecule has 2 aliphatic heterocycles. The van der Waals surface area contributed by atoms with Crippen molar-refractivity contribution in [1.82, 2.24) is 9.80 Å². The molecule has 0 aliphatic carbocycles. The molecule has 0 unspecified atom stereocenters. The summed E-state index contributed by atoms with van der Waals surface area (Å²) in [5.74, 6) is 1.67. The molecular formula is C18H27N3O3. The van der Waals surface area contributed by atoms with E-state index in [0.29, 0.717) is 19.1 Å². The number of hydrogen-bond acceptors (Lipinski definition) is 5. The van der Waals surface area contributed by atoms with Crippen LogP contribution in [0, 0.1) is 0 Å². The molecular weight excluding hydrogens is 306 g/mol. The van der Waals surface area contributed by atoms with Crippen LogP contribution < -0.4 is 15.2 Å². The van der Waals surface area contributed by atoms with Gasteiger partial charge in [0.15, 0.2) is 11.5 Å². The van der Waals surface area contributed by atoms with Crippen LogP contribution >= 0.6 is 0 Å². The Balaban J connectivity index is 1.64. The highest BCUT2D eigenvalue weighted by molar-refractivity contribution is 5.78. The lowest BCUT2D eigenvalue weighted by Crippen LogP contribution is -2.46. The van der Waals surface area contributed by atoms with Crippen LogP contribution in [0.15, 0.2) is 12.1 Å². The van der Waals surface area contributed by atoms with E-state index in [1.54, 1.807) is 14.2 Å². The van der Waals surface area contributed by atoms with Crippen molar-refractivity contribution in [2.75, 3.05) is 40.4 Å². The van der Waals surface area contributed by atoms with E-state index in [1.165, 1.54) is 5.56 Å². The van der Waals surface area contributed by atoms with Crippen molar-refractivity contribution in [2.24, 2.45) is 5.73 Å². The maximum atomic E-state index is 12.6. The number of fused-ring (bicyclic) bond motifs is 1. The second-order valence-corrected chi connectivity index (χ2v) is 6.65. The van der Waals surface area contributed by atoms with E-state index in [9.17, 15) is 4.79 Å². The van der Waals surface area contributed by atoms with Gasteiger partial charge in [0.2, 0.25) is 5.91 Å². The Kier molecular flexibility index (Phi) is 5.26. The van der Waals surface area contributed by atoms with Gasteiger partial charge in [0, 0.05) is 32.2 Å². The number of nitrogens with two attached hydrogens (primary N) is 1. The van der Waals surface area contributed by atoms with E-state index in [1.807, 2.05) is 17.0 Å². The highest BCUT2D eigenvalue weighted by Crippen LogP contribution is 2.33. The lowest BCUT2D eigenvalue weighted by atomic mass is 9.98. The molecule has 1 saturated heterocycles. The first-order chi connectivity index (χ1) is 11.6. The first-order valence-electron chi connectivity index (χ1n) is 8.60. The minimum atomic E-state index is 0.200. The highest BCUT2D eigenvalue weighted by atomic mass is 16.5. The monoisotopic (exact) mass is 333 g/mol. The van der Waals surface area contributed by atoms with E-state index in [-0.39, 0.29) is 5.91 Å². The number of nitrogens with zero attached hydrogens (tertiary/aromatic N) is 2. The Morgan fingerprint density at radius 3 is 2.38 bits per heavy atom. The number of hydrogen-bond donors (Lipinski definition) is 1. The van der Waals surface area contributed by atoms with E-state index in [4.69, 9.17) is 15.2 Å². The predicted octanol–water partition coefficient (Wildman–Crippen LogP) is 1.01. The lowest BCUT2D eigenvalue weighted by Gasteiger charge is -2.34. The van der Waals surface area contributed by atoms with E-state index < -0.39 is 0 Å². The van der Waals surface area contributed by atoms with Crippen LogP contribution in [0.4, 0.5) is 0 Å². The van der Waals surface area contributed by atoms with Gasteiger partial charge in [-0.15, -0.1) is 0 Å². The van der Waals surface area contributed by atoms with Crippen LogP contribution in [0.2, 0.25) is 0 Å². The Hall–Kier alpha value is -1.79. The SMILES string of the molecule is COc1cc2c(cc1OC)CN(C(=O)CN1CCC(N)CC1)CC2. The van der Waals surface area contributed by atoms with Gasteiger partial charge in [0.05, 0.1) is 20.8 Å². The van der Waals surface area contributed by atoms with Gasteiger partial charge in [0.1, 0.15) is 0 Å². The maximum absolute atomic E-state index is 12.6. The number of rotatable bonds is 4. The van der Waals surface area contributed by atoms with E-state index in [2.05, 4.69) is 4.90 Å². The topological polar surface area (TPSA) is 68.0 Å². The highest BCUT2D eigenvalue weighted by Gasteiger charge is 2.25. The molecule has 0 aromatic heterocycles. The van der Waals surface area contributed by atoms with Crippen molar-refractivity contribution in [3.8, 4) is 11.5 Å². The van der Waals surface area contributed by atoms with Crippen molar-refractivity contribution >= 4 is 5.91 Å². The molecule has 0 bridgehead atoms. The Morgan fingerprint density at radius 1 is 1.12 bits per heavy atom. The summed E-state index contributed by atoms with van der Waals surface area (Å²) in [7, 11) is 3.28. The zero-order chi connectivity index (χ0) is 17.1. The maximum Gasteiger partial charge on any atom is 0.237 e. The fourth-order valence-electron chi connectivity index (χ4n) is 3.50. The number of carbonyl (C=O) groups is 1. The average Bonchev–Trinajstić information content (AvgIpc) is 2.61. The van der Waals surface area contributed by atoms with E-state index in [0.717, 1.165) is 56.0 Å². The quantitative estimate of drug-likeness (QED) is 0.891. The number of carbonyl (C=O) groups excluding carboxylic acids is 1. The van der Waals surface area contributed by atoms with Crippen LogP contribution in [-0.4, -0.2) is 62.1 Å². The zero-order valence-electron chi connectivity index (χ0n) is 14.6. The van der Waals surface area contributed by atoms with Crippen molar-refractivity contribution in [1.29, 1.82) is 0 Å². The summed E-state index contributed by atoms with van der Waals surface area (Å²) in [6.45, 7) is 3.73. The molecule has 1 aromatic rings. The van der Waals surface area contributed by atoms with Crippen LogP contribution in [-0.2, 0) is 17.8 Å². The molecule has 1 fully saturated rings. The molecule has 0 spiro atoms. The van der Waals surface area contributed by atoms with Crippen LogP contribution in [0.1, 0.15) is 24.0 Å². The Morgan fingerprint density at radius 2 is 1.75 bits per heavy atom. The van der Waals surface area contributed by atoms with E-state index >= 15 is 0 Å². The van der Waals surface area contributed by atoms with Crippen LogP contribution in [0.3, 0.4) is 0 Å². The second-order valence-electron chi connectivity index (χ2n) is 6.65. The number of piperidine rings is 1. The van der Waals surface area contributed by atoms with Gasteiger partial charge in [0.25, 0.3) is 0 Å². The van der Waals surface area contributed by atoms with Crippen molar-refractivity contribution in [2.45, 2.75) is 31.8 Å². The minimum absolute atomic E-state index is 0.200. The molecule has 6 heteroatoms. The summed E-state index contributed by atoms with van der Waals surface area (Å²) < 4.78 is 10.7. The van der Waals surface area contributed by atoms with Crippen molar-refractivity contribution < 1.29 is 14.3 Å². The summed E-state index contributed by atoms with van der Waals surface area (Å²) in [4.78, 5) is 16.8. The Labute approximate surface area is 143 Å². The minimum Gasteiger partial charge on any atom is -0.493 e. The molecule has 2 heterocycles. The van der Waals surface area contributed by atoms with Crippen molar-refractivity contribution in [3.05, 3.63) is 23.3 Å². The van der Waals surface area contributed by atoms with Gasteiger partial charge in [-0.05, 0) is 42.5 Å². The number of likely N-dealkylation sites (tertiary alicyclic amines) is 1. The molecule has 2 aliphatic rings. The molecule has 3 rings (SSSR count). The standard InChI is InChI=1S/C18H27N3O3/c1-23-16-9-13-3-8-21(11-14(13)10-17(16)24-2)18(22)12-20-6-4-15(19)5-7-20/h9-10,15H,3-8,11-12,19H2,1-2H3. The predicted molar refractivity (Wildman–Crippen MR) is 92.3 cm³/mol. The summed E-state index contributed by atoms with van der Waals surface area (Å²) in [6, 6.07) is 4.32. The number of benzene rings is 1. The molecule has 0 saturated carbocycles. The number of methoxy groups -OCH3 is 2. The summed E-state index contributed by atoms with van der Waals surface area (Å²) in [6.07, 6.45) is 2.81. The van der Waals surface area contributed by atoms with Crippen molar-refractivity contribution in [3.63, 3.8) is 0 Å². The first kappa shape index (κ1) is 17.0. The molecule has 0 atom stereocenters. The largest absolute Gasteiger partial charge is 0.493 e. The van der Waals surface area contributed by atoms with Gasteiger partial charge < -0.3 is 20.1 Å². The summed E-state index contributed by atoms with van der Waals surface area (Å²) in [5, 5.41) is 0. The smallest absolute Gasteiger partial charge is 0.237 e. The number of ether oxygens (including phenoxy) is 2. The fourth-order valence-corrected chi connectivity index (χ4v) is 3.50. The Bertz CT molecular complexity index is 597. The number of amides is 1. The normalized spacial score (nSPS) is 19.0. The average molecular weight is 333 g/mol. The third-order valence-corrected chi connectivity index (χ3v) is 5.06. The van der Waals surface area contributed by atoms with Gasteiger partial charge in [-0.2, -0.15) is 0 Å².